The van der Waals surface area contributed by atoms with Crippen molar-refractivity contribution < 1.29 is 9.18 Å². The summed E-state index contributed by atoms with van der Waals surface area (Å²) in [7, 11) is 0. The Hall–Kier alpha value is -1.67. The van der Waals surface area contributed by atoms with E-state index in [1.54, 1.807) is 12.1 Å². The Morgan fingerprint density at radius 1 is 1.25 bits per heavy atom. The van der Waals surface area contributed by atoms with Gasteiger partial charge in [-0.3, -0.25) is 4.79 Å². The zero-order valence-electron chi connectivity index (χ0n) is 13.5. The number of aromatic nitrogens is 2. The van der Waals surface area contributed by atoms with Crippen molar-refractivity contribution >= 4 is 34.1 Å². The summed E-state index contributed by atoms with van der Waals surface area (Å²) in [6.07, 6.45) is 2.91. The second-order valence-corrected chi connectivity index (χ2v) is 7.37. The Kier molecular flexibility index (Phi) is 7.97. The van der Waals surface area contributed by atoms with Crippen molar-refractivity contribution in [2.24, 2.45) is 0 Å². The summed E-state index contributed by atoms with van der Waals surface area (Å²) in [5, 5.41) is 15.0. The number of hydrogen-bond donors (Lipinski definition) is 2. The van der Waals surface area contributed by atoms with Crippen LogP contribution in [0.3, 0.4) is 0 Å². The van der Waals surface area contributed by atoms with Crippen molar-refractivity contribution in [1.29, 1.82) is 0 Å². The number of benzene rings is 1. The maximum Gasteiger partial charge on any atom is 0.230 e. The molecule has 0 fully saturated rings. The Balaban J connectivity index is 1.63. The first-order chi connectivity index (χ1) is 11.7. The summed E-state index contributed by atoms with van der Waals surface area (Å²) in [5.41, 5.74) is 0.997. The van der Waals surface area contributed by atoms with E-state index in [2.05, 4.69) is 27.8 Å². The van der Waals surface area contributed by atoms with Gasteiger partial charge in [0.25, 0.3) is 0 Å². The van der Waals surface area contributed by atoms with Crippen LogP contribution in [-0.4, -0.2) is 34.9 Å². The van der Waals surface area contributed by atoms with Gasteiger partial charge < -0.3 is 10.6 Å². The molecule has 0 aliphatic heterocycles. The molecule has 8 heteroatoms. The normalized spacial score (nSPS) is 10.6. The molecule has 2 aromatic rings. The van der Waals surface area contributed by atoms with Crippen LogP contribution >= 0.6 is 23.1 Å². The molecule has 0 radical (unpaired) electrons. The number of carbonyl (C=O) groups is 1. The van der Waals surface area contributed by atoms with Gasteiger partial charge in [-0.15, -0.1) is 10.2 Å². The van der Waals surface area contributed by atoms with Gasteiger partial charge in [0.05, 0.1) is 5.75 Å². The first kappa shape index (κ1) is 18.7. The quantitative estimate of drug-likeness (QED) is 0.497. The molecule has 0 aliphatic carbocycles. The predicted octanol–water partition coefficient (Wildman–Crippen LogP) is 3.34. The van der Waals surface area contributed by atoms with Gasteiger partial charge in [0.15, 0.2) is 4.34 Å². The van der Waals surface area contributed by atoms with E-state index >= 15 is 0 Å². The lowest BCUT2D eigenvalue weighted by molar-refractivity contribution is -0.118. The highest BCUT2D eigenvalue weighted by Crippen LogP contribution is 2.25. The SMILES string of the molecule is CCCCNc1nnc(SCC(=O)NCCc2ccc(F)cc2)s1. The maximum absolute atomic E-state index is 12.8. The molecule has 0 saturated heterocycles. The van der Waals surface area contributed by atoms with Crippen LogP contribution in [0.5, 0.6) is 0 Å². The number of thioether (sulfide) groups is 1. The number of nitrogens with zero attached hydrogens (tertiary/aromatic N) is 2. The smallest absolute Gasteiger partial charge is 0.230 e. The highest BCUT2D eigenvalue weighted by molar-refractivity contribution is 8.01. The van der Waals surface area contributed by atoms with Gasteiger partial charge in [0, 0.05) is 13.1 Å². The molecular weight excluding hydrogens is 347 g/mol. The number of hydrogen-bond acceptors (Lipinski definition) is 6. The number of anilines is 1. The van der Waals surface area contributed by atoms with Crippen molar-refractivity contribution in [1.82, 2.24) is 15.5 Å². The third-order valence-electron chi connectivity index (χ3n) is 3.19. The minimum Gasteiger partial charge on any atom is -0.360 e. The third kappa shape index (κ3) is 6.84. The average molecular weight is 369 g/mol. The van der Waals surface area contributed by atoms with Crippen molar-refractivity contribution in [3.05, 3.63) is 35.6 Å². The second-order valence-electron chi connectivity index (χ2n) is 5.17. The lowest BCUT2D eigenvalue weighted by Gasteiger charge is -2.04. The molecular formula is C16H21FN4OS2. The highest BCUT2D eigenvalue weighted by Gasteiger charge is 2.07. The molecule has 1 aromatic carbocycles. The van der Waals surface area contributed by atoms with E-state index in [0.29, 0.717) is 18.7 Å². The van der Waals surface area contributed by atoms with Gasteiger partial charge in [-0.2, -0.15) is 0 Å². The predicted molar refractivity (Wildman–Crippen MR) is 97.1 cm³/mol. The first-order valence-electron chi connectivity index (χ1n) is 7.88. The van der Waals surface area contributed by atoms with Crippen LogP contribution in [0, 0.1) is 5.82 Å². The Morgan fingerprint density at radius 2 is 2.04 bits per heavy atom. The van der Waals surface area contributed by atoms with Gasteiger partial charge in [-0.05, 0) is 30.5 Å². The zero-order valence-corrected chi connectivity index (χ0v) is 15.2. The molecule has 0 unspecified atom stereocenters. The van der Waals surface area contributed by atoms with Crippen LogP contribution in [0.4, 0.5) is 9.52 Å². The monoisotopic (exact) mass is 368 g/mol. The zero-order chi connectivity index (χ0) is 17.2. The Morgan fingerprint density at radius 3 is 2.79 bits per heavy atom. The molecule has 1 heterocycles. The fourth-order valence-corrected chi connectivity index (χ4v) is 3.49. The summed E-state index contributed by atoms with van der Waals surface area (Å²) in [5.74, 6) is 0.0186. The van der Waals surface area contributed by atoms with Gasteiger partial charge in [-0.1, -0.05) is 48.6 Å². The molecule has 1 amide bonds. The van der Waals surface area contributed by atoms with E-state index in [1.165, 1.54) is 35.2 Å². The standard InChI is InChI=1S/C16H21FN4OS2/c1-2-3-9-19-15-20-21-16(24-15)23-11-14(22)18-10-8-12-4-6-13(17)7-5-12/h4-7H,2-3,8-11H2,1H3,(H,18,22)(H,19,20). The average Bonchev–Trinajstić information content (AvgIpc) is 3.03. The molecule has 0 saturated carbocycles. The van der Waals surface area contributed by atoms with Crippen LogP contribution in [0.1, 0.15) is 25.3 Å². The molecule has 0 spiro atoms. The fraction of sp³-hybridized carbons (Fsp3) is 0.438. The van der Waals surface area contributed by atoms with E-state index in [4.69, 9.17) is 0 Å². The van der Waals surface area contributed by atoms with E-state index < -0.39 is 0 Å². The molecule has 0 atom stereocenters. The van der Waals surface area contributed by atoms with E-state index in [-0.39, 0.29) is 11.7 Å². The van der Waals surface area contributed by atoms with Crippen molar-refractivity contribution in [2.45, 2.75) is 30.5 Å². The van der Waals surface area contributed by atoms with Crippen LogP contribution in [-0.2, 0) is 11.2 Å². The summed E-state index contributed by atoms with van der Waals surface area (Å²) < 4.78 is 13.6. The summed E-state index contributed by atoms with van der Waals surface area (Å²) in [4.78, 5) is 11.8. The largest absolute Gasteiger partial charge is 0.360 e. The molecule has 0 aliphatic rings. The van der Waals surface area contributed by atoms with Crippen LogP contribution < -0.4 is 10.6 Å². The topological polar surface area (TPSA) is 66.9 Å². The second kappa shape index (κ2) is 10.2. The molecule has 2 N–H and O–H groups in total. The third-order valence-corrected chi connectivity index (χ3v) is 5.20. The first-order valence-corrected chi connectivity index (χ1v) is 9.69. The van der Waals surface area contributed by atoms with Gasteiger partial charge >= 0.3 is 0 Å². The fourth-order valence-electron chi connectivity index (χ4n) is 1.89. The number of carbonyl (C=O) groups excluding carboxylic acids is 1. The lowest BCUT2D eigenvalue weighted by Crippen LogP contribution is -2.27. The minimum absolute atomic E-state index is 0.0437. The summed E-state index contributed by atoms with van der Waals surface area (Å²) in [6, 6.07) is 6.30. The van der Waals surface area contributed by atoms with Crippen LogP contribution in [0.25, 0.3) is 0 Å². The number of amides is 1. The molecule has 5 nitrogen and oxygen atoms in total. The molecule has 0 bridgehead atoms. The van der Waals surface area contributed by atoms with E-state index in [0.717, 1.165) is 34.4 Å². The number of rotatable bonds is 10. The number of nitrogens with one attached hydrogen (secondary N) is 2. The highest BCUT2D eigenvalue weighted by atomic mass is 32.2. The van der Waals surface area contributed by atoms with Crippen molar-refractivity contribution in [3.63, 3.8) is 0 Å². The van der Waals surface area contributed by atoms with Crippen molar-refractivity contribution in [2.75, 3.05) is 24.2 Å². The minimum atomic E-state index is -0.250. The Labute approximate surface area is 149 Å². The van der Waals surface area contributed by atoms with Gasteiger partial charge in [-0.25, -0.2) is 4.39 Å². The maximum atomic E-state index is 12.8. The molecule has 130 valence electrons. The molecule has 2 rings (SSSR count). The van der Waals surface area contributed by atoms with Crippen LogP contribution in [0.15, 0.2) is 28.6 Å². The van der Waals surface area contributed by atoms with E-state index in [9.17, 15) is 9.18 Å². The number of halogens is 1. The molecule has 1 aromatic heterocycles. The van der Waals surface area contributed by atoms with Crippen molar-refractivity contribution in [3.8, 4) is 0 Å². The van der Waals surface area contributed by atoms with Gasteiger partial charge in [0.2, 0.25) is 11.0 Å². The summed E-state index contributed by atoms with van der Waals surface area (Å²) >= 11 is 2.84. The summed E-state index contributed by atoms with van der Waals surface area (Å²) in [6.45, 7) is 3.56. The Bertz CT molecular complexity index is 633. The van der Waals surface area contributed by atoms with Crippen LogP contribution in [0.2, 0.25) is 0 Å². The molecule has 24 heavy (non-hydrogen) atoms. The number of unbranched alkanes of at least 4 members (excludes halogenated alkanes) is 1. The van der Waals surface area contributed by atoms with Gasteiger partial charge in [0.1, 0.15) is 5.82 Å². The lowest BCUT2D eigenvalue weighted by atomic mass is 10.1. The van der Waals surface area contributed by atoms with E-state index in [1.807, 2.05) is 0 Å².